The van der Waals surface area contributed by atoms with Gasteiger partial charge in [-0.15, -0.1) is 0 Å². The molecule has 2 aliphatic rings. The fourth-order valence-electron chi connectivity index (χ4n) is 6.11. The molecule has 2 fully saturated rings. The van der Waals surface area contributed by atoms with Gasteiger partial charge in [-0.05, 0) is 77.0 Å². The van der Waals surface area contributed by atoms with Gasteiger partial charge in [-0.2, -0.15) is 0 Å². The van der Waals surface area contributed by atoms with Gasteiger partial charge >= 0.3 is 0 Å². The minimum Gasteiger partial charge on any atom is -0.0676 e. The van der Waals surface area contributed by atoms with Crippen molar-refractivity contribution in [3.63, 3.8) is 0 Å². The molecule has 0 N–H and O–H groups in total. The topological polar surface area (TPSA) is 0 Å². The minimum absolute atomic E-state index is 0.193. The number of rotatable bonds is 5. The van der Waals surface area contributed by atoms with E-state index in [9.17, 15) is 0 Å². The van der Waals surface area contributed by atoms with Crippen LogP contribution in [0.3, 0.4) is 0 Å². The summed E-state index contributed by atoms with van der Waals surface area (Å²) in [6, 6.07) is 27.5. The van der Waals surface area contributed by atoms with E-state index in [1.54, 1.807) is 5.30 Å². The molecule has 0 atom stereocenters. The lowest BCUT2D eigenvalue weighted by Gasteiger charge is -2.41. The monoisotopic (exact) mass is 440 g/mol. The first kappa shape index (κ1) is 21.9. The lowest BCUT2D eigenvalue weighted by atomic mass is 9.96. The van der Waals surface area contributed by atoms with Gasteiger partial charge in [0.05, 0.1) is 0 Å². The molecule has 0 heterocycles. The molecular formula is C31H37P. The van der Waals surface area contributed by atoms with Crippen molar-refractivity contribution >= 4 is 13.2 Å². The van der Waals surface area contributed by atoms with E-state index < -0.39 is 0 Å². The van der Waals surface area contributed by atoms with E-state index >= 15 is 0 Å². The minimum atomic E-state index is -0.193. The van der Waals surface area contributed by atoms with E-state index in [4.69, 9.17) is 0 Å². The summed E-state index contributed by atoms with van der Waals surface area (Å²) < 4.78 is 0. The van der Waals surface area contributed by atoms with Crippen molar-refractivity contribution in [3.05, 3.63) is 78.4 Å². The summed E-state index contributed by atoms with van der Waals surface area (Å²) in [4.78, 5) is 0. The third-order valence-corrected chi connectivity index (χ3v) is 11.2. The normalized spacial score (nSPS) is 18.2. The van der Waals surface area contributed by atoms with Crippen molar-refractivity contribution < 1.29 is 0 Å². The molecule has 0 nitrogen and oxygen atoms in total. The number of benzene rings is 3. The predicted octanol–water partition coefficient (Wildman–Crippen LogP) is 9.10. The van der Waals surface area contributed by atoms with Crippen molar-refractivity contribution in [1.29, 1.82) is 0 Å². The van der Waals surface area contributed by atoms with Crippen LogP contribution in [0.2, 0.25) is 0 Å². The Bertz CT molecular complexity index is 917. The zero-order valence-electron chi connectivity index (χ0n) is 19.6. The summed E-state index contributed by atoms with van der Waals surface area (Å²) >= 11 is 0. The molecule has 32 heavy (non-hydrogen) atoms. The van der Waals surface area contributed by atoms with Gasteiger partial charge in [0.1, 0.15) is 0 Å². The number of hydrogen-bond acceptors (Lipinski definition) is 0. The molecule has 3 aromatic rings. The third kappa shape index (κ3) is 4.72. The second kappa shape index (κ2) is 10.4. The van der Waals surface area contributed by atoms with Gasteiger partial charge in [0.25, 0.3) is 0 Å². The fourth-order valence-corrected chi connectivity index (χ4v) is 10.2. The molecule has 2 saturated carbocycles. The van der Waals surface area contributed by atoms with Crippen LogP contribution in [0.15, 0.2) is 72.8 Å². The molecule has 0 saturated heterocycles. The first-order valence-electron chi connectivity index (χ1n) is 12.8. The van der Waals surface area contributed by atoms with Gasteiger partial charge in [-0.25, -0.2) is 0 Å². The quantitative estimate of drug-likeness (QED) is 0.347. The summed E-state index contributed by atoms with van der Waals surface area (Å²) in [5.41, 5.74) is 9.03. The summed E-state index contributed by atoms with van der Waals surface area (Å²) in [6.07, 6.45) is 14.4. The highest BCUT2D eigenvalue weighted by Crippen LogP contribution is 2.57. The molecule has 0 aliphatic heterocycles. The highest BCUT2D eigenvalue weighted by atomic mass is 31.1. The fraction of sp³-hybridized carbons (Fsp3) is 0.419. The highest BCUT2D eigenvalue weighted by Gasteiger charge is 2.35. The third-order valence-electron chi connectivity index (χ3n) is 7.62. The van der Waals surface area contributed by atoms with Gasteiger partial charge in [-0.1, -0.05) is 119 Å². The highest BCUT2D eigenvalue weighted by molar-refractivity contribution is 7.67. The Labute approximate surface area is 196 Å². The average molecular weight is 441 g/mol. The smallest absolute Gasteiger partial charge is 0.00785 e. The molecule has 0 aromatic heterocycles. The summed E-state index contributed by atoms with van der Waals surface area (Å²) in [7, 11) is -0.193. The van der Waals surface area contributed by atoms with E-state index in [-0.39, 0.29) is 7.92 Å². The molecule has 5 rings (SSSR count). The summed E-state index contributed by atoms with van der Waals surface area (Å²) in [5.74, 6) is 0. The molecule has 0 unspecified atom stereocenters. The first-order chi connectivity index (χ1) is 15.8. The van der Waals surface area contributed by atoms with Crippen LogP contribution in [0.1, 0.15) is 69.8 Å². The predicted molar refractivity (Wildman–Crippen MR) is 142 cm³/mol. The van der Waals surface area contributed by atoms with Crippen LogP contribution in [0.5, 0.6) is 0 Å². The SMILES string of the molecule is Cc1cc(-c2ccccc2)c(P(C2CCCCC2)C2CCCCC2)c(-c2ccccc2)c1. The van der Waals surface area contributed by atoms with Gasteiger partial charge in [0.2, 0.25) is 0 Å². The summed E-state index contributed by atoms with van der Waals surface area (Å²) in [5, 5.41) is 1.72. The van der Waals surface area contributed by atoms with Crippen LogP contribution in [-0.2, 0) is 0 Å². The van der Waals surface area contributed by atoms with E-state index in [2.05, 4.69) is 79.7 Å². The van der Waals surface area contributed by atoms with E-state index in [1.807, 2.05) is 0 Å². The summed E-state index contributed by atoms with van der Waals surface area (Å²) in [6.45, 7) is 2.28. The second-order valence-corrected chi connectivity index (χ2v) is 12.7. The Morgan fingerprint density at radius 1 is 0.562 bits per heavy atom. The van der Waals surface area contributed by atoms with Crippen molar-refractivity contribution in [3.8, 4) is 22.3 Å². The van der Waals surface area contributed by atoms with Crippen LogP contribution in [0.4, 0.5) is 0 Å². The molecule has 0 bridgehead atoms. The second-order valence-electron chi connectivity index (χ2n) is 9.93. The maximum atomic E-state index is 2.50. The molecule has 2 aliphatic carbocycles. The number of hydrogen-bond donors (Lipinski definition) is 0. The van der Waals surface area contributed by atoms with Crippen LogP contribution < -0.4 is 5.30 Å². The van der Waals surface area contributed by atoms with E-state index in [1.165, 1.54) is 92.0 Å². The van der Waals surface area contributed by atoms with Gasteiger partial charge in [0, 0.05) is 0 Å². The molecular weight excluding hydrogens is 403 g/mol. The first-order valence-corrected chi connectivity index (χ1v) is 14.3. The van der Waals surface area contributed by atoms with Gasteiger partial charge in [0.15, 0.2) is 0 Å². The maximum Gasteiger partial charge on any atom is -0.00785 e. The molecule has 0 radical (unpaired) electrons. The molecule has 0 amide bonds. The van der Waals surface area contributed by atoms with E-state index in [0.29, 0.717) is 0 Å². The largest absolute Gasteiger partial charge is 0.0676 e. The Morgan fingerprint density at radius 3 is 1.38 bits per heavy atom. The number of aryl methyl sites for hydroxylation is 1. The lowest BCUT2D eigenvalue weighted by Crippen LogP contribution is -2.28. The van der Waals surface area contributed by atoms with Crippen molar-refractivity contribution in [2.24, 2.45) is 0 Å². The van der Waals surface area contributed by atoms with Crippen molar-refractivity contribution in [2.75, 3.05) is 0 Å². The average Bonchev–Trinajstić information content (AvgIpc) is 2.87. The molecule has 0 spiro atoms. The molecule has 166 valence electrons. The Balaban J connectivity index is 1.74. The zero-order valence-corrected chi connectivity index (χ0v) is 20.5. The standard InChI is InChI=1S/C31H37P/c1-24-22-29(25-14-6-2-7-15-25)31(30(23-24)26-16-8-3-9-17-26)32(27-18-10-4-11-19-27)28-20-12-5-13-21-28/h2-3,6-9,14-17,22-23,27-28H,4-5,10-13,18-21H2,1H3. The maximum absolute atomic E-state index is 2.50. The van der Waals surface area contributed by atoms with Gasteiger partial charge < -0.3 is 0 Å². The Morgan fingerprint density at radius 2 is 0.969 bits per heavy atom. The van der Waals surface area contributed by atoms with Crippen LogP contribution >= 0.6 is 7.92 Å². The van der Waals surface area contributed by atoms with Crippen molar-refractivity contribution in [1.82, 2.24) is 0 Å². The lowest BCUT2D eigenvalue weighted by molar-refractivity contribution is 0.487. The molecule has 3 aromatic carbocycles. The molecule has 1 heteroatoms. The van der Waals surface area contributed by atoms with Crippen LogP contribution in [0.25, 0.3) is 22.3 Å². The van der Waals surface area contributed by atoms with Crippen LogP contribution in [0, 0.1) is 6.92 Å². The van der Waals surface area contributed by atoms with Crippen LogP contribution in [-0.4, -0.2) is 11.3 Å². The Hall–Kier alpha value is -1.91. The van der Waals surface area contributed by atoms with E-state index in [0.717, 1.165) is 11.3 Å². The van der Waals surface area contributed by atoms with Gasteiger partial charge in [-0.3, -0.25) is 0 Å². The zero-order chi connectivity index (χ0) is 21.8. The van der Waals surface area contributed by atoms with Crippen molar-refractivity contribution in [2.45, 2.75) is 82.4 Å². The Kier molecular flexibility index (Phi) is 7.09.